The molecule has 32 heavy (non-hydrogen) atoms. The number of carbonyl (C=O) groups is 1. The smallest absolute Gasteiger partial charge is 0.335 e. The summed E-state index contributed by atoms with van der Waals surface area (Å²) < 4.78 is 10.8. The first-order valence-corrected chi connectivity index (χ1v) is 10.9. The molecular weight excluding hydrogens is 398 g/mol. The summed E-state index contributed by atoms with van der Waals surface area (Å²) in [7, 11) is 3.17. The van der Waals surface area contributed by atoms with Gasteiger partial charge in [-0.25, -0.2) is 4.79 Å². The Morgan fingerprint density at radius 2 is 1.53 bits per heavy atom. The Morgan fingerprint density at radius 1 is 0.875 bits per heavy atom. The van der Waals surface area contributed by atoms with Crippen LogP contribution < -0.4 is 0 Å². The van der Waals surface area contributed by atoms with Crippen molar-refractivity contribution in [1.82, 2.24) is 4.90 Å². The predicted molar refractivity (Wildman–Crippen MR) is 128 cm³/mol. The maximum absolute atomic E-state index is 12.9. The van der Waals surface area contributed by atoms with Gasteiger partial charge in [0.15, 0.2) is 0 Å². The van der Waals surface area contributed by atoms with Crippen LogP contribution in [0, 0.1) is 5.92 Å². The van der Waals surface area contributed by atoms with E-state index in [4.69, 9.17) is 9.47 Å². The zero-order valence-corrected chi connectivity index (χ0v) is 18.7. The molecule has 4 heteroatoms. The summed E-state index contributed by atoms with van der Waals surface area (Å²) in [5.41, 5.74) is 6.29. The van der Waals surface area contributed by atoms with Gasteiger partial charge in [0.2, 0.25) is 0 Å². The topological polar surface area (TPSA) is 38.8 Å². The predicted octanol–water partition coefficient (Wildman–Crippen LogP) is 5.06. The zero-order valence-electron chi connectivity index (χ0n) is 18.7. The van der Waals surface area contributed by atoms with Gasteiger partial charge in [0, 0.05) is 32.7 Å². The van der Waals surface area contributed by atoms with Crippen molar-refractivity contribution in [2.45, 2.75) is 6.54 Å². The van der Waals surface area contributed by atoms with Crippen molar-refractivity contribution in [3.8, 4) is 11.1 Å². The fourth-order valence-corrected chi connectivity index (χ4v) is 4.53. The van der Waals surface area contributed by atoms with Gasteiger partial charge in [0.05, 0.1) is 19.3 Å². The average Bonchev–Trinajstić information content (AvgIpc) is 2.85. The minimum atomic E-state index is -0.274. The Morgan fingerprint density at radius 3 is 2.22 bits per heavy atom. The molecule has 4 rings (SSSR count). The lowest BCUT2D eigenvalue weighted by Crippen LogP contribution is -2.40. The Balaban J connectivity index is 1.75. The molecule has 4 nitrogen and oxygen atoms in total. The molecule has 0 aliphatic carbocycles. The molecule has 3 aromatic rings. The van der Waals surface area contributed by atoms with E-state index in [2.05, 4.69) is 53.4 Å². The highest BCUT2D eigenvalue weighted by Crippen LogP contribution is 2.35. The third-order valence-corrected chi connectivity index (χ3v) is 5.92. The van der Waals surface area contributed by atoms with Gasteiger partial charge < -0.3 is 9.47 Å². The van der Waals surface area contributed by atoms with Crippen LogP contribution in [-0.2, 0) is 20.8 Å². The van der Waals surface area contributed by atoms with Gasteiger partial charge in [-0.1, -0.05) is 78.9 Å². The second-order valence-electron chi connectivity index (χ2n) is 8.14. The molecule has 0 aromatic heterocycles. The summed E-state index contributed by atoms with van der Waals surface area (Å²) in [5.74, 6) is -0.207. The van der Waals surface area contributed by atoms with Crippen LogP contribution in [0.1, 0.15) is 11.1 Å². The summed E-state index contributed by atoms with van der Waals surface area (Å²) >= 11 is 0. The van der Waals surface area contributed by atoms with Crippen molar-refractivity contribution in [3.63, 3.8) is 0 Å². The standard InChI is InChI=1S/C28H29NO3/c1-31-20-25-18-29(17-21-10-5-3-6-11-21)19-26(28(30)32-2)27(25)24-15-9-14-23(16-24)22-12-7-4-8-13-22/h3-16,25H,17-20H2,1-2H3. The average molecular weight is 428 g/mol. The van der Waals surface area contributed by atoms with Gasteiger partial charge >= 0.3 is 5.97 Å². The lowest BCUT2D eigenvalue weighted by atomic mass is 9.84. The quantitative estimate of drug-likeness (QED) is 0.494. The summed E-state index contributed by atoms with van der Waals surface area (Å²) in [5, 5.41) is 0. The molecule has 1 aliphatic heterocycles. The van der Waals surface area contributed by atoms with E-state index in [1.165, 1.54) is 12.7 Å². The first-order valence-electron chi connectivity index (χ1n) is 10.9. The van der Waals surface area contributed by atoms with Crippen LogP contribution in [0.3, 0.4) is 0 Å². The summed E-state index contributed by atoms with van der Waals surface area (Å²) in [4.78, 5) is 15.2. The summed E-state index contributed by atoms with van der Waals surface area (Å²) in [6, 6.07) is 29.1. The van der Waals surface area contributed by atoms with E-state index in [1.54, 1.807) is 7.11 Å². The van der Waals surface area contributed by atoms with Crippen molar-refractivity contribution in [2.24, 2.45) is 5.92 Å². The van der Waals surface area contributed by atoms with Crippen LogP contribution in [0.5, 0.6) is 0 Å². The number of carbonyl (C=O) groups excluding carboxylic acids is 1. The first-order chi connectivity index (χ1) is 15.7. The SMILES string of the molecule is COCC1CN(Cc2ccccc2)CC(C(=O)OC)=C1c1cccc(-c2ccccc2)c1. The maximum atomic E-state index is 12.9. The monoisotopic (exact) mass is 427 g/mol. The number of rotatable bonds is 7. The lowest BCUT2D eigenvalue weighted by molar-refractivity contribution is -0.136. The number of hydrogen-bond acceptors (Lipinski definition) is 4. The Labute approximate surface area is 190 Å². The van der Waals surface area contributed by atoms with Crippen LogP contribution in [0.25, 0.3) is 16.7 Å². The lowest BCUT2D eigenvalue weighted by Gasteiger charge is -2.36. The minimum Gasteiger partial charge on any atom is -0.466 e. The number of methoxy groups -OCH3 is 2. The highest BCUT2D eigenvalue weighted by Gasteiger charge is 2.32. The number of nitrogens with zero attached hydrogens (tertiary/aromatic N) is 1. The van der Waals surface area contributed by atoms with Crippen LogP contribution in [0.2, 0.25) is 0 Å². The number of ether oxygens (including phenoxy) is 2. The first kappa shape index (κ1) is 22.0. The van der Waals surface area contributed by atoms with E-state index in [0.717, 1.165) is 35.4 Å². The molecule has 0 amide bonds. The number of esters is 1. The van der Waals surface area contributed by atoms with Gasteiger partial charge in [-0.3, -0.25) is 4.90 Å². The van der Waals surface area contributed by atoms with Gasteiger partial charge in [0.1, 0.15) is 0 Å². The summed E-state index contributed by atoms with van der Waals surface area (Å²) in [6.07, 6.45) is 0. The van der Waals surface area contributed by atoms with E-state index in [9.17, 15) is 4.79 Å². The fraction of sp³-hybridized carbons (Fsp3) is 0.250. The van der Waals surface area contributed by atoms with Crippen LogP contribution in [0.4, 0.5) is 0 Å². The van der Waals surface area contributed by atoms with E-state index in [0.29, 0.717) is 18.7 Å². The molecule has 0 fully saturated rings. The molecule has 0 radical (unpaired) electrons. The summed E-state index contributed by atoms with van der Waals surface area (Å²) in [6.45, 7) is 2.68. The van der Waals surface area contributed by atoms with Gasteiger partial charge in [-0.2, -0.15) is 0 Å². The molecule has 1 heterocycles. The normalized spacial score (nSPS) is 16.8. The maximum Gasteiger partial charge on any atom is 0.335 e. The van der Waals surface area contributed by atoms with Gasteiger partial charge in [-0.15, -0.1) is 0 Å². The second kappa shape index (κ2) is 10.4. The van der Waals surface area contributed by atoms with Gasteiger partial charge in [-0.05, 0) is 33.9 Å². The number of hydrogen-bond donors (Lipinski definition) is 0. The van der Waals surface area contributed by atoms with E-state index < -0.39 is 0 Å². The molecule has 1 unspecified atom stereocenters. The Bertz CT molecular complexity index is 1080. The third kappa shape index (κ3) is 4.98. The highest BCUT2D eigenvalue weighted by atomic mass is 16.5. The van der Waals surface area contributed by atoms with Gasteiger partial charge in [0.25, 0.3) is 0 Å². The van der Waals surface area contributed by atoms with Crippen molar-refractivity contribution in [1.29, 1.82) is 0 Å². The highest BCUT2D eigenvalue weighted by molar-refractivity contribution is 5.99. The molecule has 164 valence electrons. The van der Waals surface area contributed by atoms with E-state index >= 15 is 0 Å². The largest absolute Gasteiger partial charge is 0.466 e. The molecule has 0 N–H and O–H groups in total. The molecular formula is C28H29NO3. The minimum absolute atomic E-state index is 0.0672. The second-order valence-corrected chi connectivity index (χ2v) is 8.14. The van der Waals surface area contributed by atoms with Crippen molar-refractivity contribution in [3.05, 3.63) is 102 Å². The zero-order chi connectivity index (χ0) is 22.3. The third-order valence-electron chi connectivity index (χ3n) is 5.92. The molecule has 0 saturated heterocycles. The molecule has 0 bridgehead atoms. The van der Waals surface area contributed by atoms with E-state index in [-0.39, 0.29) is 11.9 Å². The molecule has 3 aromatic carbocycles. The molecule has 1 atom stereocenters. The Hall–Kier alpha value is -3.21. The molecule has 1 aliphatic rings. The Kier molecular flexibility index (Phi) is 7.15. The van der Waals surface area contributed by atoms with Crippen molar-refractivity contribution in [2.75, 3.05) is 33.9 Å². The fourth-order valence-electron chi connectivity index (χ4n) is 4.53. The van der Waals surface area contributed by atoms with Crippen molar-refractivity contribution >= 4 is 11.5 Å². The number of benzene rings is 3. The van der Waals surface area contributed by atoms with Crippen LogP contribution >= 0.6 is 0 Å². The van der Waals surface area contributed by atoms with Crippen LogP contribution in [-0.4, -0.2) is 44.8 Å². The molecule has 0 saturated carbocycles. The van der Waals surface area contributed by atoms with Crippen LogP contribution in [0.15, 0.2) is 90.5 Å². The molecule has 0 spiro atoms. The van der Waals surface area contributed by atoms with E-state index in [1.807, 2.05) is 36.4 Å². The van der Waals surface area contributed by atoms with Crippen molar-refractivity contribution < 1.29 is 14.3 Å².